The number of hydrogen-bond donors (Lipinski definition) is 0. The predicted octanol–water partition coefficient (Wildman–Crippen LogP) is -0.477. The Kier molecular flexibility index (Phi) is 6.62. The minimum atomic E-state index is -4.92. The first kappa shape index (κ1) is 15.1. The van der Waals surface area contributed by atoms with Crippen LogP contribution in [-0.2, 0) is 0 Å². The van der Waals surface area contributed by atoms with Crippen molar-refractivity contribution in [1.82, 2.24) is 9.97 Å². The maximum atomic E-state index is 11.9. The standard InChI is InChI=1S/C8H7BF3N2.K/c1-2-8-7(5-13-6-14-8)3-4-9(10,11)12;/h2-6H,1H2;/q-1;+1/b4-3+;. The van der Waals surface area contributed by atoms with Gasteiger partial charge in [0.15, 0.2) is 0 Å². The summed E-state index contributed by atoms with van der Waals surface area (Å²) in [5.41, 5.74) is 0.693. The van der Waals surface area contributed by atoms with E-state index in [0.717, 1.165) is 6.08 Å². The van der Waals surface area contributed by atoms with Gasteiger partial charge in [0, 0.05) is 11.8 Å². The van der Waals surface area contributed by atoms with Gasteiger partial charge < -0.3 is 12.9 Å². The number of nitrogens with zero attached hydrogens (tertiary/aromatic N) is 2. The number of halogens is 3. The van der Waals surface area contributed by atoms with Crippen LogP contribution in [0.2, 0.25) is 0 Å². The summed E-state index contributed by atoms with van der Waals surface area (Å²) in [6, 6.07) is 0. The molecule has 1 rings (SSSR count). The molecule has 15 heavy (non-hydrogen) atoms. The molecule has 1 aromatic rings. The molecule has 0 saturated carbocycles. The van der Waals surface area contributed by atoms with Crippen molar-refractivity contribution in [2.24, 2.45) is 0 Å². The van der Waals surface area contributed by atoms with Crippen molar-refractivity contribution in [1.29, 1.82) is 0 Å². The van der Waals surface area contributed by atoms with Gasteiger partial charge in [-0.25, -0.2) is 9.97 Å². The zero-order chi connectivity index (χ0) is 10.6. The quantitative estimate of drug-likeness (QED) is 0.665. The third-order valence-electron chi connectivity index (χ3n) is 1.46. The van der Waals surface area contributed by atoms with E-state index in [4.69, 9.17) is 0 Å². The number of aromatic nitrogens is 2. The average molecular weight is 238 g/mol. The monoisotopic (exact) mass is 238 g/mol. The molecule has 74 valence electrons. The van der Waals surface area contributed by atoms with Crippen LogP contribution in [0.25, 0.3) is 12.2 Å². The summed E-state index contributed by atoms with van der Waals surface area (Å²) in [6.07, 6.45) is 4.89. The Hall–Kier alpha value is 0.0513. The maximum absolute atomic E-state index is 11.9. The number of hydrogen-bond acceptors (Lipinski definition) is 2. The Balaban J connectivity index is 0.00000196. The summed E-state index contributed by atoms with van der Waals surface area (Å²) < 4.78 is 35.7. The van der Waals surface area contributed by atoms with E-state index in [1.807, 2.05) is 0 Å². The Labute approximate surface area is 128 Å². The molecule has 0 aliphatic rings. The van der Waals surface area contributed by atoms with E-state index in [-0.39, 0.29) is 57.4 Å². The van der Waals surface area contributed by atoms with E-state index < -0.39 is 6.98 Å². The number of rotatable bonds is 3. The van der Waals surface area contributed by atoms with Gasteiger partial charge in [-0.3, -0.25) is 0 Å². The largest absolute Gasteiger partial charge is 1.00 e. The molecule has 0 aliphatic carbocycles. The third-order valence-corrected chi connectivity index (χ3v) is 1.46. The fourth-order valence-electron chi connectivity index (χ4n) is 0.862. The van der Waals surface area contributed by atoms with Crippen LogP contribution >= 0.6 is 0 Å². The molecule has 7 heteroatoms. The van der Waals surface area contributed by atoms with Crippen molar-refractivity contribution in [3.8, 4) is 0 Å². The van der Waals surface area contributed by atoms with Gasteiger partial charge >= 0.3 is 58.4 Å². The molecule has 0 bridgehead atoms. The first-order valence-corrected chi connectivity index (χ1v) is 3.84. The van der Waals surface area contributed by atoms with Crippen molar-refractivity contribution >= 4 is 19.1 Å². The van der Waals surface area contributed by atoms with Crippen molar-refractivity contribution in [3.05, 3.63) is 36.3 Å². The zero-order valence-corrected chi connectivity index (χ0v) is 11.3. The van der Waals surface area contributed by atoms with Crippen molar-refractivity contribution in [2.75, 3.05) is 0 Å². The van der Waals surface area contributed by atoms with Crippen molar-refractivity contribution < 1.29 is 64.3 Å². The minimum Gasteiger partial charge on any atom is -0.445 e. The molecule has 0 fully saturated rings. The molecule has 0 spiro atoms. The van der Waals surface area contributed by atoms with Gasteiger partial charge in [-0.05, 0) is 6.08 Å². The second-order valence-corrected chi connectivity index (χ2v) is 2.55. The van der Waals surface area contributed by atoms with Gasteiger partial charge in [-0.15, -0.1) is 5.98 Å². The van der Waals surface area contributed by atoms with E-state index >= 15 is 0 Å². The summed E-state index contributed by atoms with van der Waals surface area (Å²) in [6.45, 7) is -1.48. The summed E-state index contributed by atoms with van der Waals surface area (Å²) in [7, 11) is 0. The van der Waals surface area contributed by atoms with Crippen LogP contribution in [-0.4, -0.2) is 16.9 Å². The molecule has 0 radical (unpaired) electrons. The van der Waals surface area contributed by atoms with Crippen molar-refractivity contribution in [3.63, 3.8) is 0 Å². The second kappa shape index (κ2) is 6.59. The van der Waals surface area contributed by atoms with Gasteiger partial charge in [-0.1, -0.05) is 12.7 Å². The summed E-state index contributed by atoms with van der Waals surface area (Å²) in [5.74, 6) is 0.200. The third kappa shape index (κ3) is 5.62. The van der Waals surface area contributed by atoms with Crippen LogP contribution < -0.4 is 51.4 Å². The Bertz CT molecular complexity index is 365. The summed E-state index contributed by atoms with van der Waals surface area (Å²) in [4.78, 5) is 7.38. The Morgan fingerprint density at radius 1 is 1.33 bits per heavy atom. The Morgan fingerprint density at radius 2 is 2.00 bits per heavy atom. The van der Waals surface area contributed by atoms with E-state index in [1.165, 1.54) is 18.6 Å². The Morgan fingerprint density at radius 3 is 2.53 bits per heavy atom. The molecule has 0 aliphatic heterocycles. The fourth-order valence-corrected chi connectivity index (χ4v) is 0.862. The zero-order valence-electron chi connectivity index (χ0n) is 8.20. The van der Waals surface area contributed by atoms with Crippen LogP contribution in [0.3, 0.4) is 0 Å². The van der Waals surface area contributed by atoms with Gasteiger partial charge in [0.1, 0.15) is 6.33 Å². The molecule has 0 aromatic carbocycles. The van der Waals surface area contributed by atoms with E-state index in [1.54, 1.807) is 0 Å². The summed E-state index contributed by atoms with van der Waals surface area (Å²) >= 11 is 0. The summed E-state index contributed by atoms with van der Waals surface area (Å²) in [5, 5.41) is 0. The maximum Gasteiger partial charge on any atom is 1.00 e. The minimum absolute atomic E-state index is 0. The van der Waals surface area contributed by atoms with Gasteiger partial charge in [0.05, 0.1) is 5.69 Å². The van der Waals surface area contributed by atoms with Gasteiger partial charge in [0.25, 0.3) is 0 Å². The molecule has 0 unspecified atom stereocenters. The van der Waals surface area contributed by atoms with Crippen LogP contribution in [0.1, 0.15) is 11.3 Å². The molecule has 0 saturated heterocycles. The predicted molar refractivity (Wildman–Crippen MR) is 50.2 cm³/mol. The average Bonchev–Trinajstić information content (AvgIpc) is 2.14. The first-order chi connectivity index (χ1) is 6.53. The van der Waals surface area contributed by atoms with Crippen LogP contribution in [0, 0.1) is 0 Å². The molecule has 1 aromatic heterocycles. The van der Waals surface area contributed by atoms with E-state index in [9.17, 15) is 12.9 Å². The SMILES string of the molecule is C=Cc1ncncc1/C=C/[B-](F)(F)F.[K+]. The second-order valence-electron chi connectivity index (χ2n) is 2.55. The normalized spacial score (nSPS) is 11.1. The van der Waals surface area contributed by atoms with Crippen molar-refractivity contribution in [2.45, 2.75) is 0 Å². The van der Waals surface area contributed by atoms with E-state index in [0.29, 0.717) is 11.3 Å². The topological polar surface area (TPSA) is 25.8 Å². The smallest absolute Gasteiger partial charge is 0.445 e. The van der Waals surface area contributed by atoms with E-state index in [2.05, 4.69) is 16.5 Å². The molecule has 0 amide bonds. The molecule has 1 heterocycles. The molecular formula is C8H7BF3KN2. The fraction of sp³-hybridized carbons (Fsp3) is 0. The van der Waals surface area contributed by atoms with Gasteiger partial charge in [-0.2, -0.15) is 0 Å². The molecule has 2 nitrogen and oxygen atoms in total. The molecule has 0 atom stereocenters. The molecule has 0 N–H and O–H groups in total. The van der Waals surface area contributed by atoms with Gasteiger partial charge in [0.2, 0.25) is 0 Å². The molecular weight excluding hydrogens is 231 g/mol. The first-order valence-electron chi connectivity index (χ1n) is 3.84. The van der Waals surface area contributed by atoms with Crippen LogP contribution in [0.4, 0.5) is 12.9 Å². The van der Waals surface area contributed by atoms with Crippen LogP contribution in [0.5, 0.6) is 0 Å². The van der Waals surface area contributed by atoms with Crippen LogP contribution in [0.15, 0.2) is 25.1 Å².